The topological polar surface area (TPSA) is 127 Å². The number of nitrogens with one attached hydrogen (secondary N) is 2. The van der Waals surface area contributed by atoms with Crippen LogP contribution in [-0.2, 0) is 33.5 Å². The van der Waals surface area contributed by atoms with E-state index in [2.05, 4.69) is 48.7 Å². The molecule has 3 aromatic rings. The Morgan fingerprint density at radius 1 is 1.19 bits per heavy atom. The van der Waals surface area contributed by atoms with Crippen molar-refractivity contribution in [3.63, 3.8) is 0 Å². The first kappa shape index (κ1) is 36.1. The number of aromatic nitrogens is 2. The lowest BCUT2D eigenvalue weighted by molar-refractivity contribution is 0.0131. The largest absolute Gasteiger partial charge is 0.490 e. The number of carbonyl (C=O) groups excluding carboxylic acids is 2. The smallest absolute Gasteiger partial charge is 0.327 e. The molecule has 3 aliphatic carbocycles. The molecule has 8 rings (SSSR count). The van der Waals surface area contributed by atoms with Crippen LogP contribution in [-0.4, -0.2) is 70.6 Å². The Kier molecular flexibility index (Phi) is 9.82. The number of ether oxygens (including phenoxy) is 2. The number of hydrogen-bond donors (Lipinski definition) is 2. The zero-order valence-corrected chi connectivity index (χ0v) is 32.2. The van der Waals surface area contributed by atoms with Crippen LogP contribution < -0.4 is 19.7 Å². The molecule has 282 valence electrons. The standard InChI is InChI=1S/C40H49ClN6O5S/c1-25-6-4-8-36(51-3)31-12-9-28(31)21-47-23-40(15-5-7-26-16-30(41)11-13-33(26)40)24-52-37-14-10-27(17-35(37)47)38(48)44-53(50,22-25)45-39(49)43-34-18-32(34)29-19-42-46(2)20-29/h4,8,10-11,13-14,16-17,19-20,25,28,31-32,34,36H,5-7,9,12,15,18,21-24H2,1-3H3,(H2,43,44,45,48,49,50)/b8-4-/t25-,28-,31+,32+,34-,36-,40-,53?/m0/s1. The molecule has 2 aliphatic heterocycles. The predicted molar refractivity (Wildman–Crippen MR) is 206 cm³/mol. The van der Waals surface area contributed by atoms with Crippen molar-refractivity contribution < 1.29 is 23.3 Å². The van der Waals surface area contributed by atoms with Gasteiger partial charge in [0.2, 0.25) is 0 Å². The molecular formula is C40H49ClN6O5S. The number of methoxy groups -OCH3 is 1. The maximum Gasteiger partial charge on any atom is 0.327 e. The molecule has 1 spiro atoms. The monoisotopic (exact) mass is 760 g/mol. The van der Waals surface area contributed by atoms with E-state index in [9.17, 15) is 13.8 Å². The van der Waals surface area contributed by atoms with Crippen molar-refractivity contribution in [1.29, 1.82) is 0 Å². The van der Waals surface area contributed by atoms with E-state index in [1.54, 1.807) is 24.1 Å². The summed E-state index contributed by atoms with van der Waals surface area (Å²) in [5.74, 6) is 0.823. The fourth-order valence-corrected chi connectivity index (χ4v) is 11.1. The zero-order chi connectivity index (χ0) is 36.9. The summed E-state index contributed by atoms with van der Waals surface area (Å²) in [6, 6.07) is 10.9. The fourth-order valence-electron chi connectivity index (χ4n) is 9.06. The van der Waals surface area contributed by atoms with Gasteiger partial charge in [0, 0.05) is 61.4 Å². The average molecular weight is 761 g/mol. The molecule has 3 heterocycles. The Balaban J connectivity index is 1.13. The molecule has 2 fully saturated rings. The molecule has 8 atom stereocenters. The van der Waals surface area contributed by atoms with E-state index in [1.807, 2.05) is 38.4 Å². The van der Waals surface area contributed by atoms with Crippen molar-refractivity contribution in [2.45, 2.75) is 75.3 Å². The summed E-state index contributed by atoms with van der Waals surface area (Å²) >= 11 is 6.47. The van der Waals surface area contributed by atoms with E-state index in [0.29, 0.717) is 36.2 Å². The Morgan fingerprint density at radius 2 is 2.06 bits per heavy atom. The van der Waals surface area contributed by atoms with Crippen molar-refractivity contribution >= 4 is 39.1 Å². The molecule has 53 heavy (non-hydrogen) atoms. The second kappa shape index (κ2) is 14.4. The molecular weight excluding hydrogens is 712 g/mol. The van der Waals surface area contributed by atoms with Crippen LogP contribution in [0.4, 0.5) is 10.5 Å². The van der Waals surface area contributed by atoms with E-state index >= 15 is 0 Å². The number of aryl methyl sites for hydroxylation is 2. The summed E-state index contributed by atoms with van der Waals surface area (Å²) in [6.07, 6.45) is 14.4. The second-order valence-electron chi connectivity index (χ2n) is 15.9. The lowest BCUT2D eigenvalue weighted by Gasteiger charge is -2.46. The van der Waals surface area contributed by atoms with E-state index in [4.69, 9.17) is 21.1 Å². The third kappa shape index (κ3) is 7.47. The highest BCUT2D eigenvalue weighted by Crippen LogP contribution is 2.47. The zero-order valence-electron chi connectivity index (χ0n) is 30.6. The lowest BCUT2D eigenvalue weighted by Crippen LogP contribution is -2.49. The predicted octanol–water partition coefficient (Wildman–Crippen LogP) is 6.56. The van der Waals surface area contributed by atoms with Crippen molar-refractivity contribution in [1.82, 2.24) is 19.8 Å². The maximum atomic E-state index is 14.6. The lowest BCUT2D eigenvalue weighted by atomic mass is 9.68. The Bertz CT molecular complexity index is 2060. The van der Waals surface area contributed by atoms with Gasteiger partial charge >= 0.3 is 6.03 Å². The first-order valence-electron chi connectivity index (χ1n) is 18.9. The minimum absolute atomic E-state index is 0.0169. The van der Waals surface area contributed by atoms with Crippen molar-refractivity contribution in [3.05, 3.63) is 88.2 Å². The van der Waals surface area contributed by atoms with Gasteiger partial charge < -0.3 is 19.7 Å². The van der Waals surface area contributed by atoms with Gasteiger partial charge in [-0.05, 0) is 110 Å². The first-order chi connectivity index (χ1) is 25.5. The average Bonchev–Trinajstić information content (AvgIpc) is 3.76. The number of allylic oxidation sites excluding steroid dienone is 1. The van der Waals surface area contributed by atoms with Crippen LogP contribution >= 0.6 is 11.6 Å². The van der Waals surface area contributed by atoms with Crippen LogP contribution in [0.15, 0.2) is 65.3 Å². The summed E-state index contributed by atoms with van der Waals surface area (Å²) in [5.41, 5.74) is 4.45. The quantitative estimate of drug-likeness (QED) is 0.289. The number of amides is 3. The van der Waals surface area contributed by atoms with Crippen molar-refractivity contribution in [2.75, 3.05) is 37.5 Å². The molecule has 13 heteroatoms. The summed E-state index contributed by atoms with van der Waals surface area (Å²) in [7, 11) is 0.112. The number of halogens is 1. The number of nitrogens with zero attached hydrogens (tertiary/aromatic N) is 4. The Labute approximate surface area is 317 Å². The van der Waals surface area contributed by atoms with E-state index in [1.165, 1.54) is 11.1 Å². The third-order valence-electron chi connectivity index (χ3n) is 12.0. The van der Waals surface area contributed by atoms with Gasteiger partial charge in [-0.1, -0.05) is 36.7 Å². The molecule has 1 unspecified atom stereocenters. The van der Waals surface area contributed by atoms with Gasteiger partial charge in [0.05, 0.1) is 30.3 Å². The van der Waals surface area contributed by atoms with E-state index in [0.717, 1.165) is 67.9 Å². The van der Waals surface area contributed by atoms with Crippen LogP contribution in [0, 0.1) is 17.8 Å². The van der Waals surface area contributed by atoms with E-state index < -0.39 is 21.9 Å². The number of urea groups is 1. The molecule has 5 aliphatic rings. The number of anilines is 1. The van der Waals surface area contributed by atoms with Crippen LogP contribution in [0.25, 0.3) is 0 Å². The number of benzene rings is 2. The summed E-state index contributed by atoms with van der Waals surface area (Å²) < 4.78 is 36.0. The summed E-state index contributed by atoms with van der Waals surface area (Å²) in [5, 5.41) is 7.92. The van der Waals surface area contributed by atoms with Gasteiger partial charge in [0.1, 0.15) is 15.7 Å². The van der Waals surface area contributed by atoms with Crippen LogP contribution in [0.2, 0.25) is 5.02 Å². The van der Waals surface area contributed by atoms with Gasteiger partial charge in [-0.15, -0.1) is 4.36 Å². The highest BCUT2D eigenvalue weighted by molar-refractivity contribution is 7.92. The Morgan fingerprint density at radius 3 is 2.83 bits per heavy atom. The molecule has 1 aromatic heterocycles. The van der Waals surface area contributed by atoms with Gasteiger partial charge in [0.25, 0.3) is 5.91 Å². The minimum atomic E-state index is -3.51. The molecule has 2 aromatic carbocycles. The van der Waals surface area contributed by atoms with Gasteiger partial charge in [-0.25, -0.2) is 9.00 Å². The SMILES string of the molecule is CO[C@H]1/C=C\C[C@H](C)CS(=O)(NC(=O)N[C@H]2C[C@@H]2c2cnn(C)c2)=NC(=O)c2ccc3c(c2)N(C[C@@H]2CC[C@H]21)C[C@@]1(CCCc2cc(Cl)ccc21)CO3. The third-order valence-corrected chi connectivity index (χ3v) is 14.2. The fraction of sp³-hybridized carbons (Fsp3) is 0.525. The number of rotatable bonds is 4. The van der Waals surface area contributed by atoms with Crippen LogP contribution in [0.1, 0.15) is 78.4 Å². The number of carbonyl (C=O) groups is 2. The molecule has 11 nitrogen and oxygen atoms in total. The minimum Gasteiger partial charge on any atom is -0.490 e. The van der Waals surface area contributed by atoms with Crippen molar-refractivity contribution in [2.24, 2.45) is 29.2 Å². The van der Waals surface area contributed by atoms with Gasteiger partial charge in [-0.3, -0.25) is 14.2 Å². The summed E-state index contributed by atoms with van der Waals surface area (Å²) in [4.78, 5) is 29.8. The van der Waals surface area contributed by atoms with Gasteiger partial charge in [0.15, 0.2) is 0 Å². The van der Waals surface area contributed by atoms with E-state index in [-0.39, 0.29) is 35.1 Å². The molecule has 0 saturated heterocycles. The second-order valence-corrected chi connectivity index (χ2v) is 18.4. The van der Waals surface area contributed by atoms with Crippen LogP contribution in [0.3, 0.4) is 0 Å². The molecule has 0 radical (unpaired) electrons. The van der Waals surface area contributed by atoms with Crippen LogP contribution in [0.5, 0.6) is 5.75 Å². The molecule has 3 amide bonds. The molecule has 2 N–H and O–H groups in total. The number of hydrogen-bond acceptors (Lipinski definition) is 7. The normalized spacial score (nSPS) is 32.9. The molecule has 2 bridgehead atoms. The summed E-state index contributed by atoms with van der Waals surface area (Å²) in [6.45, 7) is 3.97. The molecule has 2 saturated carbocycles. The maximum absolute atomic E-state index is 14.6. The highest BCUT2D eigenvalue weighted by atomic mass is 35.5. The van der Waals surface area contributed by atoms with Crippen molar-refractivity contribution in [3.8, 4) is 5.75 Å². The number of fused-ring (bicyclic) bond motifs is 4. The highest BCUT2D eigenvalue weighted by Gasteiger charge is 2.45. The first-order valence-corrected chi connectivity index (χ1v) is 20.9. The Hall–Kier alpha value is -3.87. The van der Waals surface area contributed by atoms with Gasteiger partial charge in [-0.2, -0.15) is 5.10 Å².